The lowest BCUT2D eigenvalue weighted by Crippen LogP contribution is -3.59. The molecule has 0 aliphatic carbocycles. The van der Waals surface area contributed by atoms with E-state index < -0.39 is 15.6 Å². The van der Waals surface area contributed by atoms with Crippen LogP contribution in [0.5, 0.6) is 0 Å². The largest absolute Gasteiger partial charge is 0.741 e. The van der Waals surface area contributed by atoms with Gasteiger partial charge < -0.3 is 4.55 Å². The first-order chi connectivity index (χ1) is 9.33. The van der Waals surface area contributed by atoms with Crippen LogP contribution in [0.25, 0.3) is 0 Å². The van der Waals surface area contributed by atoms with Gasteiger partial charge in [-0.05, 0) is 38.8 Å². The molecule has 0 radical (unpaired) electrons. The van der Waals surface area contributed by atoms with Crippen molar-refractivity contribution in [1.82, 2.24) is 0 Å². The fourth-order valence-electron chi connectivity index (χ4n) is 0.698. The Morgan fingerprint density at radius 3 is 1.86 bits per heavy atom. The van der Waals surface area contributed by atoms with E-state index in [-0.39, 0.29) is 26.6 Å². The van der Waals surface area contributed by atoms with Crippen LogP contribution < -0.4 is 21.2 Å². The highest BCUT2D eigenvalue weighted by atomic mass is 127. The smallest absolute Gasteiger partial charge is 0.485 e. The molecule has 0 aromatic heterocycles. The summed E-state index contributed by atoms with van der Waals surface area (Å²) in [4.78, 5) is 0. The molecule has 0 aliphatic rings. The zero-order valence-corrected chi connectivity index (χ0v) is 14.5. The second kappa shape index (κ2) is 8.00. The number of hydrogen-bond donors (Lipinski definition) is 0. The summed E-state index contributed by atoms with van der Waals surface area (Å²) in [6.45, 7) is 6.44. The third-order valence-corrected chi connectivity index (χ3v) is 4.04. The summed E-state index contributed by atoms with van der Waals surface area (Å²) in [5, 5.41) is 0. The highest BCUT2D eigenvalue weighted by Gasteiger charge is 2.36. The standard InChI is InChI=1S/C12H14I.CHF3O3S/c1-12(2,3)9-10-13-11-7-5-4-6-8-11;2-1(3,4)8(5,6)7/h4-8H,1-3H3;(H,5,6,7)/q+1;/p-1. The maximum atomic E-state index is 10.7. The van der Waals surface area contributed by atoms with E-state index in [9.17, 15) is 13.2 Å². The Kier molecular flexibility index (Phi) is 7.70. The first-order valence-electron chi connectivity index (χ1n) is 5.56. The van der Waals surface area contributed by atoms with Crippen molar-refractivity contribution in [2.24, 2.45) is 5.41 Å². The normalized spacial score (nSPS) is 11.8. The lowest BCUT2D eigenvalue weighted by Gasteiger charge is -2.08. The summed E-state index contributed by atoms with van der Waals surface area (Å²) < 4.78 is 63.6. The monoisotopic (exact) mass is 434 g/mol. The molecule has 1 aromatic carbocycles. The molecule has 0 atom stereocenters. The van der Waals surface area contributed by atoms with E-state index in [1.165, 1.54) is 3.57 Å². The number of alkyl halides is 3. The van der Waals surface area contributed by atoms with Gasteiger partial charge >= 0.3 is 26.7 Å². The van der Waals surface area contributed by atoms with E-state index in [1.807, 2.05) is 6.07 Å². The summed E-state index contributed by atoms with van der Waals surface area (Å²) in [5.41, 5.74) is -5.50. The average molecular weight is 434 g/mol. The molecule has 0 fully saturated rings. The molecule has 0 heterocycles. The van der Waals surface area contributed by atoms with Crippen LogP contribution in [0.2, 0.25) is 0 Å². The van der Waals surface area contributed by atoms with Gasteiger partial charge in [-0.25, -0.2) is 8.42 Å². The van der Waals surface area contributed by atoms with E-state index >= 15 is 0 Å². The summed E-state index contributed by atoms with van der Waals surface area (Å²) in [6, 6.07) is 10.5. The van der Waals surface area contributed by atoms with E-state index in [0.717, 1.165) is 0 Å². The fraction of sp³-hybridized carbons (Fsp3) is 0.385. The van der Waals surface area contributed by atoms with E-state index in [0.29, 0.717) is 0 Å². The third-order valence-electron chi connectivity index (χ3n) is 1.60. The van der Waals surface area contributed by atoms with Gasteiger partial charge in [0, 0.05) is 5.41 Å². The van der Waals surface area contributed by atoms with Crippen LogP contribution in [0, 0.1) is 18.8 Å². The number of benzene rings is 1. The third kappa shape index (κ3) is 10.6. The molecule has 8 heteroatoms. The minimum atomic E-state index is -6.09. The van der Waals surface area contributed by atoms with Gasteiger partial charge in [0.25, 0.3) is 0 Å². The highest BCUT2D eigenvalue weighted by Crippen LogP contribution is 2.20. The molecule has 1 aromatic rings. The van der Waals surface area contributed by atoms with Crippen molar-refractivity contribution in [1.29, 1.82) is 0 Å². The van der Waals surface area contributed by atoms with Crippen LogP contribution in [0.4, 0.5) is 13.2 Å². The van der Waals surface area contributed by atoms with Crippen molar-refractivity contribution in [2.45, 2.75) is 26.3 Å². The number of hydrogen-bond acceptors (Lipinski definition) is 3. The second-order valence-corrected chi connectivity index (χ2v) is 8.45. The minimum Gasteiger partial charge on any atom is -0.741 e. The maximum absolute atomic E-state index is 10.7. The van der Waals surface area contributed by atoms with Gasteiger partial charge in [-0.2, -0.15) is 13.2 Å². The zero-order chi connectivity index (χ0) is 16.7. The van der Waals surface area contributed by atoms with Crippen molar-refractivity contribution in [3.63, 3.8) is 0 Å². The van der Waals surface area contributed by atoms with Crippen molar-refractivity contribution >= 4 is 10.1 Å². The van der Waals surface area contributed by atoms with Crippen LogP contribution in [0.15, 0.2) is 30.3 Å². The molecule has 0 saturated heterocycles. The van der Waals surface area contributed by atoms with Gasteiger partial charge in [-0.3, -0.25) is 0 Å². The molecule has 0 saturated carbocycles. The van der Waals surface area contributed by atoms with E-state index in [2.05, 4.69) is 54.9 Å². The first-order valence-corrected chi connectivity index (χ1v) is 9.13. The summed E-state index contributed by atoms with van der Waals surface area (Å²) >= 11 is -0.100. The van der Waals surface area contributed by atoms with E-state index in [1.54, 1.807) is 0 Å². The topological polar surface area (TPSA) is 57.2 Å². The summed E-state index contributed by atoms with van der Waals surface area (Å²) in [7, 11) is -6.09. The average Bonchev–Trinajstić information content (AvgIpc) is 2.26. The molecule has 0 aliphatic heterocycles. The lowest BCUT2D eigenvalue weighted by molar-refractivity contribution is -0.535. The molecule has 1 rings (SSSR count). The molecule has 0 unspecified atom stereocenters. The van der Waals surface area contributed by atoms with Gasteiger partial charge in [-0.15, -0.1) is 0 Å². The van der Waals surface area contributed by atoms with Crippen LogP contribution >= 0.6 is 0 Å². The maximum Gasteiger partial charge on any atom is 0.485 e. The number of halogens is 4. The van der Waals surface area contributed by atoms with Gasteiger partial charge in [0.15, 0.2) is 14.0 Å². The van der Waals surface area contributed by atoms with Gasteiger partial charge in [0.2, 0.25) is 3.57 Å². The Morgan fingerprint density at radius 2 is 1.52 bits per heavy atom. The summed E-state index contributed by atoms with van der Waals surface area (Å²) in [6.07, 6.45) is 0. The van der Waals surface area contributed by atoms with Crippen LogP contribution in [-0.4, -0.2) is 18.5 Å². The number of rotatable bonds is 1. The molecule has 0 N–H and O–H groups in total. The molecule has 21 heavy (non-hydrogen) atoms. The second-order valence-electron chi connectivity index (χ2n) is 4.76. The predicted molar refractivity (Wildman–Crippen MR) is 68.1 cm³/mol. The van der Waals surface area contributed by atoms with Crippen LogP contribution in [-0.2, 0) is 10.1 Å². The molecular formula is C13H14F3IO3S. The van der Waals surface area contributed by atoms with Crippen LogP contribution in [0.3, 0.4) is 0 Å². The Morgan fingerprint density at radius 1 is 1.10 bits per heavy atom. The van der Waals surface area contributed by atoms with E-state index in [4.69, 9.17) is 13.0 Å². The van der Waals surface area contributed by atoms with Gasteiger partial charge in [0.05, 0.1) is 0 Å². The molecule has 3 nitrogen and oxygen atoms in total. The first kappa shape index (κ1) is 20.2. The predicted octanol–water partition coefficient (Wildman–Crippen LogP) is 0.00360. The Bertz CT molecular complexity index is 594. The molecular weight excluding hydrogens is 420 g/mol. The van der Waals surface area contributed by atoms with Crippen molar-refractivity contribution < 1.29 is 47.3 Å². The zero-order valence-electron chi connectivity index (χ0n) is 11.5. The van der Waals surface area contributed by atoms with Gasteiger partial charge in [0.1, 0.15) is 0 Å². The van der Waals surface area contributed by atoms with Crippen molar-refractivity contribution in [2.75, 3.05) is 0 Å². The van der Waals surface area contributed by atoms with Crippen LogP contribution in [0.1, 0.15) is 20.8 Å². The lowest BCUT2D eigenvalue weighted by atomic mass is 9.99. The SMILES string of the molecule is CC(C)(C)C#C[I+]c1ccccc1.O=S(=O)([O-])C(F)(F)F. The molecule has 118 valence electrons. The summed E-state index contributed by atoms with van der Waals surface area (Å²) in [5.74, 6) is 3.27. The fourth-order valence-corrected chi connectivity index (χ4v) is 2.73. The Balaban J connectivity index is 0.000000433. The van der Waals surface area contributed by atoms with Crippen molar-refractivity contribution in [3.8, 4) is 9.85 Å². The van der Waals surface area contributed by atoms with Gasteiger partial charge in [-0.1, -0.05) is 18.2 Å². The quantitative estimate of drug-likeness (QED) is 0.271. The molecule has 0 bridgehead atoms. The highest BCUT2D eigenvalue weighted by molar-refractivity contribution is 7.86. The molecule has 0 spiro atoms. The Hall–Kier alpha value is -0.790. The van der Waals surface area contributed by atoms with Crippen molar-refractivity contribution in [3.05, 3.63) is 33.9 Å². The molecule has 0 amide bonds. The Labute approximate surface area is 133 Å². The minimum absolute atomic E-state index is 0.100.